The zero-order chi connectivity index (χ0) is 16.8. The van der Waals surface area contributed by atoms with E-state index in [-0.39, 0.29) is 67.3 Å². The predicted molar refractivity (Wildman–Crippen MR) is 64.8 cm³/mol. The van der Waals surface area contributed by atoms with E-state index in [1.54, 1.807) is 0 Å². The zero-order valence-corrected chi connectivity index (χ0v) is 16.2. The molecular formula is C2HCaCl3N3NaO11. The monoisotopic (exact) mass is 411 g/mol. The van der Waals surface area contributed by atoms with Crippen molar-refractivity contribution in [2.24, 2.45) is 0 Å². The summed E-state index contributed by atoms with van der Waals surface area (Å²) < 4.78 is -2.17. The minimum absolute atomic E-state index is 0. The molecule has 0 aliphatic heterocycles. The summed E-state index contributed by atoms with van der Waals surface area (Å²) in [6.45, 7) is 0. The number of hydrogen-bond donors (Lipinski definition) is 1. The molecule has 0 saturated heterocycles. The van der Waals surface area contributed by atoms with Gasteiger partial charge in [-0.25, -0.2) is 4.79 Å². The maximum absolute atomic E-state index is 9.62. The van der Waals surface area contributed by atoms with Gasteiger partial charge >= 0.3 is 73.3 Å². The first kappa shape index (κ1) is 37.4. The van der Waals surface area contributed by atoms with E-state index < -0.39 is 25.0 Å². The summed E-state index contributed by atoms with van der Waals surface area (Å²) >= 11 is 14.4. The van der Waals surface area contributed by atoms with Crippen molar-refractivity contribution >= 4 is 78.5 Å². The average molecular weight is 412 g/mol. The van der Waals surface area contributed by atoms with Crippen LogP contribution in [0.1, 0.15) is 0 Å². The van der Waals surface area contributed by atoms with Crippen LogP contribution in [-0.2, 0) is 4.79 Å². The van der Waals surface area contributed by atoms with Crippen LogP contribution in [-0.4, -0.2) is 67.9 Å². The molecule has 0 aromatic carbocycles. The van der Waals surface area contributed by atoms with Gasteiger partial charge in [-0.15, -0.1) is 0 Å². The van der Waals surface area contributed by atoms with Gasteiger partial charge in [0.25, 0.3) is 3.79 Å². The summed E-state index contributed by atoms with van der Waals surface area (Å²) in [6.07, 6.45) is 0. The van der Waals surface area contributed by atoms with Crippen molar-refractivity contribution in [3.8, 4) is 0 Å². The van der Waals surface area contributed by atoms with E-state index in [1.807, 2.05) is 0 Å². The Kier molecular flexibility index (Phi) is 40.1. The molecule has 0 unspecified atom stereocenters. The number of rotatable bonds is 0. The number of carboxylic acid groups (broad SMARTS) is 1. The largest absolute Gasteiger partial charge is 2.00 e. The molecule has 114 valence electrons. The minimum Gasteiger partial charge on any atom is -0.478 e. The Balaban J connectivity index is -0.0000000359. The Hall–Kier alpha value is 0.200. The molecule has 19 heteroatoms. The molecule has 0 rings (SSSR count). The van der Waals surface area contributed by atoms with Crippen LogP contribution < -0.4 is 29.6 Å². The number of alkyl halides is 3. The predicted octanol–water partition coefficient (Wildman–Crippen LogP) is -2.65. The first-order chi connectivity index (χ1) is 8.14. The molecule has 0 amide bonds. The Morgan fingerprint density at radius 1 is 0.810 bits per heavy atom. The Morgan fingerprint density at radius 3 is 0.857 bits per heavy atom. The van der Waals surface area contributed by atoms with Crippen LogP contribution in [0.3, 0.4) is 0 Å². The van der Waals surface area contributed by atoms with E-state index in [9.17, 15) is 4.79 Å². The molecular weight excluding hydrogens is 411 g/mol. The fraction of sp³-hybridized carbons (Fsp3) is 0.500. The molecule has 0 spiro atoms. The summed E-state index contributed by atoms with van der Waals surface area (Å²) in [4.78, 5) is 34.4. The first-order valence-electron chi connectivity index (χ1n) is 2.89. The van der Waals surface area contributed by atoms with Crippen LogP contribution in [0, 0.1) is 46.0 Å². The quantitative estimate of drug-likeness (QED) is 0.186. The SMILES string of the molecule is O=C(O)C(Cl)(Cl)Cl.O=[N+]([O-])[O-].O=[N+]([O-])[O-].O=[N+]([O-])[O-].[Ca+2].[Na+]. The van der Waals surface area contributed by atoms with Crippen LogP contribution in [0.4, 0.5) is 0 Å². The second-order valence-electron chi connectivity index (χ2n) is 1.47. The first-order valence-corrected chi connectivity index (χ1v) is 4.02. The van der Waals surface area contributed by atoms with E-state index in [0.29, 0.717) is 0 Å². The van der Waals surface area contributed by atoms with Gasteiger partial charge in [0.15, 0.2) is 0 Å². The van der Waals surface area contributed by atoms with E-state index in [4.69, 9.17) is 85.9 Å². The smallest absolute Gasteiger partial charge is 0.478 e. The van der Waals surface area contributed by atoms with Crippen LogP contribution in [0.5, 0.6) is 0 Å². The Labute approximate surface area is 181 Å². The van der Waals surface area contributed by atoms with Crippen LogP contribution in [0.25, 0.3) is 0 Å². The van der Waals surface area contributed by atoms with Crippen molar-refractivity contribution in [1.29, 1.82) is 0 Å². The van der Waals surface area contributed by atoms with Gasteiger partial charge in [0.2, 0.25) is 0 Å². The Bertz CT molecular complexity index is 271. The normalized spacial score (nSPS) is 7.19. The Morgan fingerprint density at radius 2 is 0.857 bits per heavy atom. The van der Waals surface area contributed by atoms with E-state index >= 15 is 0 Å². The zero-order valence-electron chi connectivity index (χ0n) is 9.71. The molecule has 0 aromatic heterocycles. The third-order valence-corrected chi connectivity index (χ3v) is 0.728. The number of carboxylic acids is 1. The summed E-state index contributed by atoms with van der Waals surface area (Å²) in [5.74, 6) is -1.46. The van der Waals surface area contributed by atoms with Crippen molar-refractivity contribution < 1.29 is 54.7 Å². The maximum atomic E-state index is 9.62. The molecule has 0 aliphatic rings. The van der Waals surface area contributed by atoms with Gasteiger partial charge in [-0.1, -0.05) is 34.8 Å². The second-order valence-corrected chi connectivity index (χ2v) is 3.75. The molecule has 0 aromatic rings. The van der Waals surface area contributed by atoms with Gasteiger partial charge in [0.05, 0.1) is 15.3 Å². The van der Waals surface area contributed by atoms with Gasteiger partial charge < -0.3 is 51.1 Å². The van der Waals surface area contributed by atoms with Crippen molar-refractivity contribution in [3.63, 3.8) is 0 Å². The van der Waals surface area contributed by atoms with Gasteiger partial charge in [0.1, 0.15) is 0 Å². The van der Waals surface area contributed by atoms with Gasteiger partial charge in [0, 0.05) is 0 Å². The molecule has 21 heavy (non-hydrogen) atoms. The van der Waals surface area contributed by atoms with Crippen molar-refractivity contribution in [1.82, 2.24) is 0 Å². The fourth-order valence-corrected chi connectivity index (χ4v) is 0. The minimum atomic E-state index is -2.17. The number of nitrogens with zero attached hydrogens (tertiary/aromatic N) is 3. The molecule has 0 atom stereocenters. The third kappa shape index (κ3) is 174. The molecule has 0 bridgehead atoms. The van der Waals surface area contributed by atoms with Gasteiger partial charge in [-0.3, -0.25) is 0 Å². The third-order valence-electron chi connectivity index (χ3n) is 0.243. The second kappa shape index (κ2) is 22.5. The fourth-order valence-electron chi connectivity index (χ4n) is 0. The number of carbonyl (C=O) groups is 1. The van der Waals surface area contributed by atoms with Crippen LogP contribution >= 0.6 is 34.8 Å². The molecule has 0 radical (unpaired) electrons. The topological polar surface area (TPSA) is 236 Å². The van der Waals surface area contributed by atoms with Crippen LogP contribution in [0.2, 0.25) is 0 Å². The molecule has 0 heterocycles. The van der Waals surface area contributed by atoms with Crippen molar-refractivity contribution in [2.45, 2.75) is 3.79 Å². The summed E-state index contributed by atoms with van der Waals surface area (Å²) in [7, 11) is 0. The number of hydrogen-bond acceptors (Lipinski definition) is 10. The maximum Gasteiger partial charge on any atom is 2.00 e. The van der Waals surface area contributed by atoms with Crippen molar-refractivity contribution in [3.05, 3.63) is 46.0 Å². The summed E-state index contributed by atoms with van der Waals surface area (Å²) in [5.41, 5.74) is 0. The van der Waals surface area contributed by atoms with Gasteiger partial charge in [-0.2, -0.15) is 0 Å². The summed E-state index contributed by atoms with van der Waals surface area (Å²) in [5, 5.41) is 52.1. The van der Waals surface area contributed by atoms with Crippen LogP contribution in [0.15, 0.2) is 0 Å². The van der Waals surface area contributed by atoms with E-state index in [0.717, 1.165) is 0 Å². The van der Waals surface area contributed by atoms with Gasteiger partial charge in [-0.05, 0) is 0 Å². The standard InChI is InChI=1S/C2HCl3O2.Ca.3NO3.Na/c3-2(4,5)1(6)7;;3*2-1(3)4;/h(H,6,7);;;;;/q;+2;3*-1;+1. The van der Waals surface area contributed by atoms with E-state index in [2.05, 4.69) is 0 Å². The molecule has 0 aliphatic carbocycles. The molecule has 0 saturated carbocycles. The number of halogens is 3. The molecule has 1 N–H and O–H groups in total. The molecule has 14 nitrogen and oxygen atoms in total. The van der Waals surface area contributed by atoms with Crippen molar-refractivity contribution in [2.75, 3.05) is 0 Å². The number of aliphatic carboxylic acids is 1. The van der Waals surface area contributed by atoms with E-state index in [1.165, 1.54) is 0 Å². The average Bonchev–Trinajstić information content (AvgIpc) is 1.96. The summed E-state index contributed by atoms with van der Waals surface area (Å²) in [6, 6.07) is 0. The molecule has 0 fully saturated rings.